The molecule has 1 aliphatic rings. The predicted molar refractivity (Wildman–Crippen MR) is 63.3 cm³/mol. The van der Waals surface area contributed by atoms with Gasteiger partial charge in [-0.1, -0.05) is 6.07 Å². The molecule has 16 heavy (non-hydrogen) atoms. The van der Waals surface area contributed by atoms with E-state index in [0.29, 0.717) is 12.3 Å². The smallest absolute Gasteiger partial charge is 0.162 e. The first-order chi connectivity index (χ1) is 7.15. The molecule has 4 nitrogen and oxygen atoms in total. The molecule has 0 bridgehead atoms. The van der Waals surface area contributed by atoms with Crippen molar-refractivity contribution in [2.45, 2.75) is 19.1 Å². The highest BCUT2D eigenvalue weighted by atomic mass is 35.5. The molecule has 90 valence electrons. The number of hydrogen-bond donors (Lipinski definition) is 3. The average molecular weight is 246 g/mol. The standard InChI is InChI=1S/C11H15NO3.ClH/c1-6-10-7(8(13)5-12-6)3-4-9(15-2)11(10)14;/h3-4,6,8,12-14H,5H2,1-2H3;1H. The van der Waals surface area contributed by atoms with E-state index in [1.807, 2.05) is 6.92 Å². The number of hydrogen-bond acceptors (Lipinski definition) is 4. The molecule has 1 aliphatic heterocycles. The SMILES string of the molecule is COc1ccc2c(c1O)C(C)NCC2O.Cl. The molecule has 0 saturated carbocycles. The topological polar surface area (TPSA) is 61.7 Å². The van der Waals surface area contributed by atoms with Crippen LogP contribution in [0.4, 0.5) is 0 Å². The summed E-state index contributed by atoms with van der Waals surface area (Å²) in [7, 11) is 1.51. The summed E-state index contributed by atoms with van der Waals surface area (Å²) in [6.45, 7) is 2.46. The number of ether oxygens (including phenoxy) is 1. The fraction of sp³-hybridized carbons (Fsp3) is 0.455. The number of aromatic hydroxyl groups is 1. The lowest BCUT2D eigenvalue weighted by Gasteiger charge is -2.29. The summed E-state index contributed by atoms with van der Waals surface area (Å²) >= 11 is 0. The van der Waals surface area contributed by atoms with Crippen LogP contribution in [0.25, 0.3) is 0 Å². The lowest BCUT2D eigenvalue weighted by molar-refractivity contribution is 0.157. The van der Waals surface area contributed by atoms with Gasteiger partial charge in [-0.2, -0.15) is 0 Å². The van der Waals surface area contributed by atoms with Crippen LogP contribution in [0.2, 0.25) is 0 Å². The molecule has 0 radical (unpaired) electrons. The minimum Gasteiger partial charge on any atom is -0.504 e. The Kier molecular flexibility index (Phi) is 4.02. The molecular formula is C11H16ClNO3. The zero-order valence-electron chi connectivity index (χ0n) is 9.23. The molecule has 0 fully saturated rings. The number of methoxy groups -OCH3 is 1. The number of β-amino-alcohol motifs (C(OH)–C–C–N with tert-alkyl or cyclic N) is 1. The van der Waals surface area contributed by atoms with Crippen LogP contribution < -0.4 is 10.1 Å². The van der Waals surface area contributed by atoms with Gasteiger partial charge in [-0.15, -0.1) is 12.4 Å². The van der Waals surface area contributed by atoms with Crippen LogP contribution in [0.15, 0.2) is 12.1 Å². The number of phenolic OH excluding ortho intramolecular Hbond substituents is 1. The summed E-state index contributed by atoms with van der Waals surface area (Å²) in [5.41, 5.74) is 1.51. The Labute approximate surface area is 101 Å². The third-order valence-corrected chi connectivity index (χ3v) is 2.84. The van der Waals surface area contributed by atoms with Gasteiger partial charge in [-0.05, 0) is 18.6 Å². The van der Waals surface area contributed by atoms with Crippen molar-refractivity contribution in [1.29, 1.82) is 0 Å². The van der Waals surface area contributed by atoms with Crippen LogP contribution in [0.3, 0.4) is 0 Å². The Hall–Kier alpha value is -0.970. The third kappa shape index (κ3) is 1.96. The van der Waals surface area contributed by atoms with E-state index >= 15 is 0 Å². The summed E-state index contributed by atoms with van der Waals surface area (Å²) in [5.74, 6) is 0.560. The number of aliphatic hydroxyl groups excluding tert-OH is 1. The van der Waals surface area contributed by atoms with E-state index < -0.39 is 6.10 Å². The number of benzene rings is 1. The van der Waals surface area contributed by atoms with Gasteiger partial charge in [0.2, 0.25) is 0 Å². The van der Waals surface area contributed by atoms with Crippen molar-refractivity contribution in [2.75, 3.05) is 13.7 Å². The van der Waals surface area contributed by atoms with Crippen molar-refractivity contribution in [2.24, 2.45) is 0 Å². The van der Waals surface area contributed by atoms with Gasteiger partial charge in [0.25, 0.3) is 0 Å². The lowest BCUT2D eigenvalue weighted by atomic mass is 9.92. The van der Waals surface area contributed by atoms with Crippen molar-refractivity contribution in [1.82, 2.24) is 5.32 Å². The summed E-state index contributed by atoms with van der Waals surface area (Å²) in [6.07, 6.45) is -0.562. The molecule has 0 aromatic heterocycles. The first-order valence-electron chi connectivity index (χ1n) is 4.96. The van der Waals surface area contributed by atoms with E-state index in [1.165, 1.54) is 7.11 Å². The molecular weight excluding hydrogens is 230 g/mol. The Bertz CT molecular complexity index is 384. The molecule has 2 atom stereocenters. The predicted octanol–water partition coefficient (Wildman–Crippen LogP) is 1.52. The van der Waals surface area contributed by atoms with E-state index in [9.17, 15) is 10.2 Å². The zero-order chi connectivity index (χ0) is 11.0. The molecule has 2 rings (SSSR count). The van der Waals surface area contributed by atoms with E-state index in [0.717, 1.165) is 11.1 Å². The maximum atomic E-state index is 9.95. The number of fused-ring (bicyclic) bond motifs is 1. The van der Waals surface area contributed by atoms with Crippen LogP contribution in [-0.2, 0) is 0 Å². The molecule has 2 unspecified atom stereocenters. The number of nitrogens with one attached hydrogen (secondary N) is 1. The lowest BCUT2D eigenvalue weighted by Crippen LogP contribution is -2.31. The van der Waals surface area contributed by atoms with Gasteiger partial charge in [0.05, 0.1) is 13.2 Å². The Morgan fingerprint density at radius 1 is 1.44 bits per heavy atom. The summed E-state index contributed by atoms with van der Waals surface area (Å²) < 4.78 is 5.04. The van der Waals surface area contributed by atoms with Gasteiger partial charge >= 0.3 is 0 Å². The summed E-state index contributed by atoms with van der Waals surface area (Å²) in [4.78, 5) is 0. The summed E-state index contributed by atoms with van der Waals surface area (Å²) in [6, 6.07) is 3.50. The highest BCUT2D eigenvalue weighted by Gasteiger charge is 2.27. The van der Waals surface area contributed by atoms with Gasteiger partial charge in [0.1, 0.15) is 0 Å². The highest BCUT2D eigenvalue weighted by molar-refractivity contribution is 5.85. The van der Waals surface area contributed by atoms with E-state index in [4.69, 9.17) is 4.74 Å². The molecule has 3 N–H and O–H groups in total. The second kappa shape index (κ2) is 4.91. The van der Waals surface area contributed by atoms with Crippen LogP contribution in [-0.4, -0.2) is 23.9 Å². The largest absolute Gasteiger partial charge is 0.504 e. The molecule has 0 amide bonds. The average Bonchev–Trinajstić information content (AvgIpc) is 2.23. The quantitative estimate of drug-likeness (QED) is 0.702. The van der Waals surface area contributed by atoms with Crippen molar-refractivity contribution >= 4 is 12.4 Å². The minimum atomic E-state index is -0.562. The zero-order valence-corrected chi connectivity index (χ0v) is 10.0. The van der Waals surface area contributed by atoms with Gasteiger partial charge in [0.15, 0.2) is 11.5 Å². The first-order valence-corrected chi connectivity index (χ1v) is 4.96. The Balaban J connectivity index is 0.00000128. The second-order valence-corrected chi connectivity index (χ2v) is 3.77. The van der Waals surface area contributed by atoms with Gasteiger partial charge in [-0.25, -0.2) is 0 Å². The molecule has 0 aliphatic carbocycles. The molecule has 1 aromatic carbocycles. The number of aliphatic hydroxyl groups is 1. The van der Waals surface area contributed by atoms with Crippen LogP contribution in [0, 0.1) is 0 Å². The second-order valence-electron chi connectivity index (χ2n) is 3.77. The van der Waals surface area contributed by atoms with Crippen molar-refractivity contribution in [3.8, 4) is 11.5 Å². The number of halogens is 1. The van der Waals surface area contributed by atoms with E-state index in [-0.39, 0.29) is 24.2 Å². The van der Waals surface area contributed by atoms with Crippen molar-refractivity contribution in [3.63, 3.8) is 0 Å². The normalized spacial score (nSPS) is 23.2. The minimum absolute atomic E-state index is 0. The number of rotatable bonds is 1. The third-order valence-electron chi connectivity index (χ3n) is 2.84. The van der Waals surface area contributed by atoms with E-state index in [1.54, 1.807) is 12.1 Å². The maximum Gasteiger partial charge on any atom is 0.162 e. The fourth-order valence-electron chi connectivity index (χ4n) is 2.01. The Morgan fingerprint density at radius 3 is 2.75 bits per heavy atom. The summed E-state index contributed by atoms with van der Waals surface area (Å²) in [5, 5.41) is 22.8. The van der Waals surface area contributed by atoms with Crippen molar-refractivity contribution < 1.29 is 14.9 Å². The molecule has 5 heteroatoms. The van der Waals surface area contributed by atoms with Gasteiger partial charge in [0, 0.05) is 18.2 Å². The van der Waals surface area contributed by atoms with Gasteiger partial charge in [-0.3, -0.25) is 0 Å². The maximum absolute atomic E-state index is 9.95. The molecule has 1 aromatic rings. The molecule has 0 spiro atoms. The number of phenols is 1. The van der Waals surface area contributed by atoms with Crippen LogP contribution in [0.5, 0.6) is 11.5 Å². The molecule has 1 heterocycles. The molecule has 0 saturated heterocycles. The highest BCUT2D eigenvalue weighted by Crippen LogP contribution is 2.40. The fourth-order valence-corrected chi connectivity index (χ4v) is 2.01. The van der Waals surface area contributed by atoms with E-state index in [2.05, 4.69) is 5.32 Å². The van der Waals surface area contributed by atoms with Gasteiger partial charge < -0.3 is 20.3 Å². The van der Waals surface area contributed by atoms with Crippen LogP contribution >= 0.6 is 12.4 Å². The monoisotopic (exact) mass is 245 g/mol. The van der Waals surface area contributed by atoms with Crippen LogP contribution in [0.1, 0.15) is 30.2 Å². The van der Waals surface area contributed by atoms with Crippen molar-refractivity contribution in [3.05, 3.63) is 23.3 Å². The first kappa shape index (κ1) is 13.1. The Morgan fingerprint density at radius 2 is 2.12 bits per heavy atom.